The van der Waals surface area contributed by atoms with Crippen molar-refractivity contribution >= 4 is 24.1 Å². The highest BCUT2D eigenvalue weighted by atomic mass is 32.2. The Hall–Kier alpha value is -3.05. The quantitative estimate of drug-likeness (QED) is 0.312. The molecule has 2 atom stereocenters. The Morgan fingerprint density at radius 1 is 0.853 bits per heavy atom. The van der Waals surface area contributed by atoms with Gasteiger partial charge in [-0.1, -0.05) is 91.0 Å². The molecule has 1 saturated heterocycles. The van der Waals surface area contributed by atoms with Gasteiger partial charge in [-0.25, -0.2) is 4.79 Å². The van der Waals surface area contributed by atoms with Gasteiger partial charge < -0.3 is 9.53 Å². The molecule has 34 heavy (non-hydrogen) atoms. The van der Waals surface area contributed by atoms with Crippen LogP contribution in [0.1, 0.15) is 43.9 Å². The van der Waals surface area contributed by atoms with Crippen LogP contribution >= 0.6 is 11.8 Å². The number of hydrogen-bond acceptors (Lipinski definition) is 4. The zero-order valence-electron chi connectivity index (χ0n) is 19.9. The molecule has 4 rings (SSSR count). The molecular formula is C29H31NO3S. The highest BCUT2D eigenvalue weighted by molar-refractivity contribution is 8.01. The number of likely N-dealkylation sites (tertiary alicyclic amines) is 1. The van der Waals surface area contributed by atoms with Crippen LogP contribution in [0.15, 0.2) is 91.0 Å². The summed E-state index contributed by atoms with van der Waals surface area (Å²) in [7, 11) is 0. The van der Waals surface area contributed by atoms with Crippen LogP contribution in [0.25, 0.3) is 0 Å². The molecule has 3 aromatic rings. The molecule has 0 aromatic heterocycles. The molecule has 3 aromatic carbocycles. The summed E-state index contributed by atoms with van der Waals surface area (Å²) >= 11 is 1.75. The van der Waals surface area contributed by atoms with E-state index in [0.717, 1.165) is 23.0 Å². The largest absolute Gasteiger partial charge is 0.444 e. The molecule has 1 amide bonds. The average Bonchev–Trinajstić information content (AvgIpc) is 3.26. The lowest BCUT2D eigenvalue weighted by atomic mass is 9.84. The van der Waals surface area contributed by atoms with Crippen molar-refractivity contribution < 1.29 is 14.3 Å². The van der Waals surface area contributed by atoms with Crippen LogP contribution in [-0.4, -0.2) is 40.7 Å². The summed E-state index contributed by atoms with van der Waals surface area (Å²) in [6.07, 6.45) is 1.18. The van der Waals surface area contributed by atoms with Gasteiger partial charge in [-0.15, -0.1) is 11.8 Å². The fraction of sp³-hybridized carbons (Fsp3) is 0.310. The number of rotatable bonds is 6. The molecular weight excluding hydrogens is 442 g/mol. The zero-order chi connectivity index (χ0) is 24.2. The highest BCUT2D eigenvalue weighted by Gasteiger charge is 2.46. The van der Waals surface area contributed by atoms with Crippen molar-refractivity contribution in [3.63, 3.8) is 0 Å². The third-order valence-corrected chi connectivity index (χ3v) is 7.91. The summed E-state index contributed by atoms with van der Waals surface area (Å²) in [6.45, 7) is 6.02. The predicted molar refractivity (Wildman–Crippen MR) is 138 cm³/mol. The summed E-state index contributed by atoms with van der Waals surface area (Å²) < 4.78 is 5.06. The molecule has 0 saturated carbocycles. The van der Waals surface area contributed by atoms with Crippen LogP contribution in [0.2, 0.25) is 0 Å². The average molecular weight is 474 g/mol. The minimum atomic E-state index is -0.613. The fourth-order valence-electron chi connectivity index (χ4n) is 4.56. The zero-order valence-corrected chi connectivity index (χ0v) is 20.7. The van der Waals surface area contributed by atoms with E-state index in [1.807, 2.05) is 39.0 Å². The van der Waals surface area contributed by atoms with Crippen molar-refractivity contribution in [1.29, 1.82) is 0 Å². The Kier molecular flexibility index (Phi) is 7.13. The van der Waals surface area contributed by atoms with Crippen LogP contribution in [0.5, 0.6) is 0 Å². The number of aldehydes is 1. The first-order chi connectivity index (χ1) is 16.3. The van der Waals surface area contributed by atoms with Gasteiger partial charge in [0.25, 0.3) is 0 Å². The van der Waals surface area contributed by atoms with Crippen LogP contribution in [-0.2, 0) is 14.3 Å². The second-order valence-electron chi connectivity index (χ2n) is 9.52. The van der Waals surface area contributed by atoms with Crippen molar-refractivity contribution in [2.75, 3.05) is 6.54 Å². The summed E-state index contributed by atoms with van der Waals surface area (Å²) in [5, 5.41) is -0.0920. The molecule has 0 radical (unpaired) electrons. The number of thioether (sulfide) groups is 1. The van der Waals surface area contributed by atoms with E-state index >= 15 is 0 Å². The maximum atomic E-state index is 12.9. The topological polar surface area (TPSA) is 46.6 Å². The number of benzene rings is 3. The van der Waals surface area contributed by atoms with Crippen LogP contribution in [0.4, 0.5) is 4.79 Å². The molecule has 0 bridgehead atoms. The lowest BCUT2D eigenvalue weighted by Crippen LogP contribution is -2.43. The van der Waals surface area contributed by atoms with Crippen molar-refractivity contribution in [3.8, 4) is 0 Å². The van der Waals surface area contributed by atoms with Crippen LogP contribution in [0.3, 0.4) is 0 Å². The Bertz CT molecular complexity index is 1000. The third kappa shape index (κ3) is 4.90. The second kappa shape index (κ2) is 10.1. The summed E-state index contributed by atoms with van der Waals surface area (Å²) in [4.78, 5) is 26.8. The van der Waals surface area contributed by atoms with Gasteiger partial charge in [0.2, 0.25) is 0 Å². The molecule has 1 fully saturated rings. The van der Waals surface area contributed by atoms with E-state index in [1.165, 1.54) is 0 Å². The standard InChI is InChI=1S/C29H31NO3S/c1-28(2,3)33-27(32)30-20-19-26(25(30)21-31)34-29(22-13-7-4-8-14-22,23-15-9-5-10-16-23)24-17-11-6-12-18-24/h4-18,21,25-26H,19-20H2,1-3H3/t25-,26+/m0/s1. The molecule has 176 valence electrons. The van der Waals surface area contributed by atoms with Crippen molar-refractivity contribution in [2.24, 2.45) is 0 Å². The normalized spacial score (nSPS) is 18.5. The SMILES string of the molecule is CC(C)(C)OC(=O)N1CC[C@@H](SC(c2ccccc2)(c2ccccc2)c2ccccc2)[C@@H]1C=O. The molecule has 0 aliphatic carbocycles. The van der Waals surface area contributed by atoms with Crippen molar-refractivity contribution in [1.82, 2.24) is 4.90 Å². The van der Waals surface area contributed by atoms with E-state index in [0.29, 0.717) is 13.0 Å². The molecule has 1 aliphatic rings. The molecule has 0 spiro atoms. The first-order valence-corrected chi connectivity index (χ1v) is 12.5. The Morgan fingerprint density at radius 3 is 1.68 bits per heavy atom. The van der Waals surface area contributed by atoms with Gasteiger partial charge in [0.15, 0.2) is 0 Å². The van der Waals surface area contributed by atoms with Gasteiger partial charge >= 0.3 is 6.09 Å². The van der Waals surface area contributed by atoms with E-state index in [-0.39, 0.29) is 5.25 Å². The monoisotopic (exact) mass is 473 g/mol. The first kappa shape index (κ1) is 24.1. The summed E-state index contributed by atoms with van der Waals surface area (Å²) in [6, 6.07) is 30.7. The number of carbonyl (C=O) groups excluding carboxylic acids is 2. The van der Waals surface area contributed by atoms with Gasteiger partial charge in [0.05, 0.1) is 4.75 Å². The van der Waals surface area contributed by atoms with Gasteiger partial charge in [-0.05, 0) is 43.9 Å². The lowest BCUT2D eigenvalue weighted by molar-refractivity contribution is -0.111. The van der Waals surface area contributed by atoms with E-state index < -0.39 is 22.5 Å². The van der Waals surface area contributed by atoms with Crippen LogP contribution in [0, 0.1) is 0 Å². The van der Waals surface area contributed by atoms with E-state index in [4.69, 9.17) is 4.74 Å². The van der Waals surface area contributed by atoms with Gasteiger partial charge in [-0.3, -0.25) is 4.90 Å². The Labute approximate surface area is 206 Å². The number of nitrogens with zero attached hydrogens (tertiary/aromatic N) is 1. The van der Waals surface area contributed by atoms with E-state index in [2.05, 4.69) is 72.8 Å². The van der Waals surface area contributed by atoms with Gasteiger partial charge in [0, 0.05) is 11.8 Å². The summed E-state index contributed by atoms with van der Waals surface area (Å²) in [5.41, 5.74) is 2.80. The number of hydrogen-bond donors (Lipinski definition) is 0. The van der Waals surface area contributed by atoms with Crippen molar-refractivity contribution in [2.45, 2.75) is 48.8 Å². The highest BCUT2D eigenvalue weighted by Crippen LogP contribution is 2.52. The number of carbonyl (C=O) groups is 2. The molecule has 0 unspecified atom stereocenters. The minimum absolute atomic E-state index is 0.0920. The van der Waals surface area contributed by atoms with Gasteiger partial charge in [-0.2, -0.15) is 0 Å². The minimum Gasteiger partial charge on any atom is -0.444 e. The number of ether oxygens (including phenoxy) is 1. The molecule has 1 heterocycles. The van der Waals surface area contributed by atoms with E-state index in [1.54, 1.807) is 16.7 Å². The molecule has 0 N–H and O–H groups in total. The maximum absolute atomic E-state index is 12.9. The Balaban J connectivity index is 1.79. The fourth-order valence-corrected chi connectivity index (χ4v) is 6.40. The first-order valence-electron chi connectivity index (χ1n) is 11.6. The smallest absolute Gasteiger partial charge is 0.410 e. The summed E-state index contributed by atoms with van der Waals surface area (Å²) in [5.74, 6) is 0. The van der Waals surface area contributed by atoms with Crippen LogP contribution < -0.4 is 0 Å². The molecule has 5 heteroatoms. The lowest BCUT2D eigenvalue weighted by Gasteiger charge is -2.38. The predicted octanol–water partition coefficient (Wildman–Crippen LogP) is 6.29. The van der Waals surface area contributed by atoms with Gasteiger partial charge in [0.1, 0.15) is 17.9 Å². The van der Waals surface area contributed by atoms with E-state index in [9.17, 15) is 9.59 Å². The van der Waals surface area contributed by atoms with Crippen molar-refractivity contribution in [3.05, 3.63) is 108 Å². The maximum Gasteiger partial charge on any atom is 0.410 e. The Morgan fingerprint density at radius 2 is 1.29 bits per heavy atom. The number of amides is 1. The molecule has 1 aliphatic heterocycles. The second-order valence-corrected chi connectivity index (χ2v) is 11.0. The third-order valence-electron chi connectivity index (χ3n) is 6.03. The molecule has 4 nitrogen and oxygen atoms in total.